The lowest BCUT2D eigenvalue weighted by Crippen LogP contribution is -2.51. The van der Waals surface area contributed by atoms with E-state index in [2.05, 4.69) is 24.1 Å². The molecule has 0 aromatic carbocycles. The molecule has 1 fully saturated rings. The average molecular weight is 553 g/mol. The fraction of sp³-hybridized carbons (Fsp3) is 0.938. The van der Waals surface area contributed by atoms with Crippen LogP contribution >= 0.6 is 0 Å². The van der Waals surface area contributed by atoms with Crippen LogP contribution in [0.5, 0.6) is 0 Å². The minimum atomic E-state index is 0.0655. The molecule has 0 spiro atoms. The van der Waals surface area contributed by atoms with Gasteiger partial charge in [0, 0.05) is 25.2 Å². The maximum Gasteiger partial charge on any atom is 0.317 e. The van der Waals surface area contributed by atoms with Crippen molar-refractivity contribution < 1.29 is 14.4 Å². The van der Waals surface area contributed by atoms with Crippen LogP contribution in [0.3, 0.4) is 0 Å². The average Bonchev–Trinajstić information content (AvgIpc) is 2.92. The van der Waals surface area contributed by atoms with Gasteiger partial charge in [-0.1, -0.05) is 96.8 Å². The first-order valence-corrected chi connectivity index (χ1v) is 16.5. The van der Waals surface area contributed by atoms with Gasteiger partial charge in [-0.05, 0) is 66.1 Å². The molecule has 1 rings (SSSR count). The Morgan fingerprint density at radius 3 is 2.05 bits per heavy atom. The second kappa shape index (κ2) is 24.5. The molecule has 1 aliphatic heterocycles. The number of carbonyl (C=O) groups is 2. The van der Waals surface area contributed by atoms with E-state index < -0.39 is 0 Å². The second-order valence-electron chi connectivity index (χ2n) is 12.1. The monoisotopic (exact) mass is 552 g/mol. The summed E-state index contributed by atoms with van der Waals surface area (Å²) in [5.74, 6) is 0. The Hall–Kier alpha value is -1.34. The third-order valence-electron chi connectivity index (χ3n) is 8.06. The number of piperidine rings is 1. The van der Waals surface area contributed by atoms with E-state index in [-0.39, 0.29) is 18.1 Å². The number of likely N-dealkylation sites (tertiary alicyclic amines) is 1. The number of carbonyl (C=O) groups excluding carboxylic acids is 2. The Bertz CT molecular complexity index is 590. The second-order valence-corrected chi connectivity index (χ2v) is 12.1. The van der Waals surface area contributed by atoms with E-state index in [9.17, 15) is 9.59 Å². The summed E-state index contributed by atoms with van der Waals surface area (Å²) in [7, 11) is 4.05. The van der Waals surface area contributed by atoms with Crippen molar-refractivity contribution in [2.75, 3.05) is 40.3 Å². The summed E-state index contributed by atoms with van der Waals surface area (Å²) < 4.78 is 0. The Kier molecular flexibility index (Phi) is 22.4. The van der Waals surface area contributed by atoms with Crippen LogP contribution in [0.4, 0.5) is 4.79 Å². The van der Waals surface area contributed by atoms with Crippen LogP contribution in [0.2, 0.25) is 0 Å². The molecule has 2 atom stereocenters. The van der Waals surface area contributed by atoms with Crippen molar-refractivity contribution in [2.24, 2.45) is 0 Å². The summed E-state index contributed by atoms with van der Waals surface area (Å²) in [6.07, 6.45) is 25.8. The molecule has 0 saturated carbocycles. The zero-order chi connectivity index (χ0) is 28.6. The van der Waals surface area contributed by atoms with Gasteiger partial charge in [-0.3, -0.25) is 9.63 Å². The van der Waals surface area contributed by atoms with Crippen molar-refractivity contribution in [1.82, 2.24) is 20.2 Å². The Morgan fingerprint density at radius 2 is 1.49 bits per heavy atom. The molecule has 7 heteroatoms. The normalized spacial score (nSPS) is 16.4. The first-order valence-electron chi connectivity index (χ1n) is 16.5. The Morgan fingerprint density at radius 1 is 0.897 bits per heavy atom. The van der Waals surface area contributed by atoms with Crippen molar-refractivity contribution in [3.8, 4) is 0 Å². The van der Waals surface area contributed by atoms with Crippen LogP contribution in [0.15, 0.2) is 0 Å². The topological polar surface area (TPSA) is 65.1 Å². The van der Waals surface area contributed by atoms with Crippen LogP contribution in [0.1, 0.15) is 142 Å². The number of rotatable bonds is 25. The lowest BCUT2D eigenvalue weighted by atomic mass is 10.00. The van der Waals surface area contributed by atoms with Gasteiger partial charge in [0.2, 0.25) is 6.41 Å². The van der Waals surface area contributed by atoms with E-state index in [0.29, 0.717) is 13.2 Å². The number of hydrogen-bond acceptors (Lipinski definition) is 4. The van der Waals surface area contributed by atoms with Gasteiger partial charge < -0.3 is 15.1 Å². The summed E-state index contributed by atoms with van der Waals surface area (Å²) in [6, 6.07) is 0.453. The SMILES string of the molecule is CCCCCCCCCCCCCCCCC(C)NC(=O)N1CCCCC1CCON(C=O)CCCN(C)C. The van der Waals surface area contributed by atoms with Gasteiger partial charge in [0.15, 0.2) is 0 Å². The molecule has 1 N–H and O–H groups in total. The van der Waals surface area contributed by atoms with Gasteiger partial charge in [0.25, 0.3) is 0 Å². The molecule has 0 radical (unpaired) electrons. The van der Waals surface area contributed by atoms with Crippen molar-refractivity contribution in [3.63, 3.8) is 0 Å². The number of hydrogen-bond donors (Lipinski definition) is 1. The van der Waals surface area contributed by atoms with Crippen LogP contribution in [0, 0.1) is 0 Å². The molecule has 39 heavy (non-hydrogen) atoms. The number of nitrogens with one attached hydrogen (secondary N) is 1. The first kappa shape index (κ1) is 35.7. The van der Waals surface area contributed by atoms with Crippen LogP contribution in [0.25, 0.3) is 0 Å². The number of unbranched alkanes of at least 4 members (excludes halogenated alkanes) is 13. The molecule has 0 bridgehead atoms. The van der Waals surface area contributed by atoms with E-state index in [0.717, 1.165) is 58.0 Å². The zero-order valence-corrected chi connectivity index (χ0v) is 26.3. The molecule has 0 aromatic rings. The van der Waals surface area contributed by atoms with E-state index in [1.54, 1.807) is 0 Å². The minimum Gasteiger partial charge on any atom is -0.336 e. The van der Waals surface area contributed by atoms with Gasteiger partial charge in [-0.25, -0.2) is 9.86 Å². The molecular formula is C32H64N4O3. The van der Waals surface area contributed by atoms with E-state index in [1.807, 2.05) is 19.0 Å². The quantitative estimate of drug-likeness (QED) is 0.0722. The summed E-state index contributed by atoms with van der Waals surface area (Å²) in [5.41, 5.74) is 0. The minimum absolute atomic E-state index is 0.0655. The molecule has 7 nitrogen and oxygen atoms in total. The van der Waals surface area contributed by atoms with Crippen LogP contribution < -0.4 is 5.32 Å². The highest BCUT2D eigenvalue weighted by atomic mass is 16.7. The summed E-state index contributed by atoms with van der Waals surface area (Å²) >= 11 is 0. The van der Waals surface area contributed by atoms with Crippen molar-refractivity contribution in [3.05, 3.63) is 0 Å². The van der Waals surface area contributed by atoms with Crippen molar-refractivity contribution in [1.29, 1.82) is 0 Å². The highest BCUT2D eigenvalue weighted by molar-refractivity contribution is 5.75. The van der Waals surface area contributed by atoms with Gasteiger partial charge in [-0.15, -0.1) is 0 Å². The summed E-state index contributed by atoms with van der Waals surface area (Å²) in [4.78, 5) is 34.2. The van der Waals surface area contributed by atoms with Crippen molar-refractivity contribution in [2.45, 2.75) is 154 Å². The maximum absolute atomic E-state index is 13.0. The molecule has 1 saturated heterocycles. The number of nitrogens with zero attached hydrogens (tertiary/aromatic N) is 3. The maximum atomic E-state index is 13.0. The van der Waals surface area contributed by atoms with Gasteiger partial charge in [-0.2, -0.15) is 0 Å². The molecule has 1 heterocycles. The van der Waals surface area contributed by atoms with Crippen LogP contribution in [-0.2, 0) is 9.63 Å². The Balaban J connectivity index is 2.12. The smallest absolute Gasteiger partial charge is 0.317 e. The number of amides is 3. The molecular weight excluding hydrogens is 488 g/mol. The molecule has 0 aromatic heterocycles. The number of hydroxylamine groups is 2. The molecule has 230 valence electrons. The fourth-order valence-electron chi connectivity index (χ4n) is 5.58. The lowest BCUT2D eigenvalue weighted by Gasteiger charge is -2.36. The highest BCUT2D eigenvalue weighted by Gasteiger charge is 2.27. The van der Waals surface area contributed by atoms with Gasteiger partial charge in [0.05, 0.1) is 6.61 Å². The molecule has 0 aliphatic carbocycles. The van der Waals surface area contributed by atoms with Crippen LogP contribution in [-0.4, -0.2) is 79.7 Å². The van der Waals surface area contributed by atoms with Crippen molar-refractivity contribution >= 4 is 12.4 Å². The van der Waals surface area contributed by atoms with E-state index in [4.69, 9.17) is 4.84 Å². The molecule has 3 amide bonds. The van der Waals surface area contributed by atoms with Gasteiger partial charge in [0.1, 0.15) is 0 Å². The first-order chi connectivity index (χ1) is 19.0. The standard InChI is InChI=1S/C32H64N4O3/c1-5-6-7-8-9-10-11-12-13-14-15-16-17-18-22-30(2)33-32(38)36-27-20-19-23-31(36)24-28-39-35(29-37)26-21-25-34(3)4/h29-31H,5-28H2,1-4H3,(H,33,38). The zero-order valence-electron chi connectivity index (χ0n) is 26.3. The van der Waals surface area contributed by atoms with Gasteiger partial charge >= 0.3 is 6.03 Å². The molecule has 1 aliphatic rings. The van der Waals surface area contributed by atoms with E-state index >= 15 is 0 Å². The third-order valence-corrected chi connectivity index (χ3v) is 8.06. The molecule has 2 unspecified atom stereocenters. The Labute approximate surface area is 241 Å². The fourth-order valence-corrected chi connectivity index (χ4v) is 5.58. The third kappa shape index (κ3) is 19.4. The summed E-state index contributed by atoms with van der Waals surface area (Å²) in [6.45, 7) is 7.20. The predicted molar refractivity (Wildman–Crippen MR) is 164 cm³/mol. The van der Waals surface area contributed by atoms with E-state index in [1.165, 1.54) is 95.0 Å². The largest absolute Gasteiger partial charge is 0.336 e. The number of urea groups is 1. The lowest BCUT2D eigenvalue weighted by molar-refractivity contribution is -0.174. The predicted octanol–water partition coefficient (Wildman–Crippen LogP) is 7.54. The summed E-state index contributed by atoms with van der Waals surface area (Å²) in [5, 5.41) is 4.65. The highest BCUT2D eigenvalue weighted by Crippen LogP contribution is 2.20.